The van der Waals surface area contributed by atoms with Crippen molar-refractivity contribution in [2.75, 3.05) is 55.5 Å². The van der Waals surface area contributed by atoms with Gasteiger partial charge in [0, 0.05) is 32.1 Å². The molecule has 0 spiro atoms. The minimum absolute atomic E-state index is 0.0385. The van der Waals surface area contributed by atoms with Gasteiger partial charge < -0.3 is 9.64 Å². The van der Waals surface area contributed by atoms with Crippen molar-refractivity contribution in [1.29, 1.82) is 0 Å². The van der Waals surface area contributed by atoms with Crippen LogP contribution < -0.4 is 9.80 Å². The molecule has 2 saturated heterocycles. The fourth-order valence-electron chi connectivity index (χ4n) is 3.33. The highest BCUT2D eigenvalue weighted by molar-refractivity contribution is 7.85. The van der Waals surface area contributed by atoms with E-state index in [9.17, 15) is 22.0 Å². The highest BCUT2D eigenvalue weighted by atomic mass is 32.2. The number of hydrogen-bond acceptors (Lipinski definition) is 6. The van der Waals surface area contributed by atoms with Crippen LogP contribution in [0, 0.1) is 5.82 Å². The molecule has 3 rings (SSSR count). The first-order chi connectivity index (χ1) is 13.2. The average Bonchev–Trinajstić information content (AvgIpc) is 2.94. The molecule has 1 aromatic carbocycles. The summed E-state index contributed by atoms with van der Waals surface area (Å²) >= 11 is 0. The normalized spacial score (nSPS) is 20.6. The Bertz CT molecular complexity index is 832. The summed E-state index contributed by atoms with van der Waals surface area (Å²) in [6.45, 7) is 1.18. The Morgan fingerprint density at radius 3 is 2.64 bits per heavy atom. The standard InChI is InChI=1S/C17H23F2N3O5S/c1-20(6-5-18)13-9-21(10-13)16-3-2-12(8-15(16)19)22-11-14(27-17(22)23)4-7-28(24,25)26/h2-3,8,13-14H,4-7,9-11H2,1H3,(H,24,25,26)/t14-/m1/s1. The number of carbonyl (C=O) groups is 1. The van der Waals surface area contributed by atoms with Gasteiger partial charge in [0.15, 0.2) is 0 Å². The molecule has 0 unspecified atom stereocenters. The molecule has 0 radical (unpaired) electrons. The van der Waals surface area contributed by atoms with Crippen LogP contribution in [0.15, 0.2) is 18.2 Å². The molecular weight excluding hydrogens is 396 g/mol. The molecule has 1 N–H and O–H groups in total. The van der Waals surface area contributed by atoms with Crippen LogP contribution in [-0.4, -0.2) is 81.8 Å². The summed E-state index contributed by atoms with van der Waals surface area (Å²) in [7, 11) is -2.31. The van der Waals surface area contributed by atoms with E-state index < -0.39 is 40.6 Å². The predicted molar refractivity (Wildman–Crippen MR) is 99.7 cm³/mol. The van der Waals surface area contributed by atoms with Gasteiger partial charge in [0.2, 0.25) is 0 Å². The largest absolute Gasteiger partial charge is 0.444 e. The summed E-state index contributed by atoms with van der Waals surface area (Å²) in [5.41, 5.74) is 0.719. The number of hydrogen-bond donors (Lipinski definition) is 1. The predicted octanol–water partition coefficient (Wildman–Crippen LogP) is 1.52. The van der Waals surface area contributed by atoms with E-state index >= 15 is 0 Å². The first kappa shape index (κ1) is 20.7. The highest BCUT2D eigenvalue weighted by Gasteiger charge is 2.35. The summed E-state index contributed by atoms with van der Waals surface area (Å²) in [5, 5.41) is 0. The van der Waals surface area contributed by atoms with Crippen LogP contribution >= 0.6 is 0 Å². The first-order valence-corrected chi connectivity index (χ1v) is 10.5. The molecule has 11 heteroatoms. The summed E-state index contributed by atoms with van der Waals surface area (Å²) in [4.78, 5) is 17.0. The number of carbonyl (C=O) groups excluding carboxylic acids is 1. The first-order valence-electron chi connectivity index (χ1n) is 8.92. The number of nitrogens with zero attached hydrogens (tertiary/aromatic N) is 3. The molecule has 2 fully saturated rings. The van der Waals surface area contributed by atoms with Gasteiger partial charge in [-0.3, -0.25) is 14.4 Å². The number of rotatable bonds is 8. The van der Waals surface area contributed by atoms with Crippen molar-refractivity contribution < 1.29 is 31.3 Å². The summed E-state index contributed by atoms with van der Waals surface area (Å²) < 4.78 is 62.5. The van der Waals surface area contributed by atoms with Gasteiger partial charge in [0.05, 0.1) is 23.7 Å². The quantitative estimate of drug-likeness (QED) is 0.639. The maximum atomic E-state index is 14.6. The van der Waals surface area contributed by atoms with Gasteiger partial charge in [-0.1, -0.05) is 0 Å². The zero-order valence-electron chi connectivity index (χ0n) is 15.4. The second-order valence-electron chi connectivity index (χ2n) is 7.06. The molecule has 2 aliphatic heterocycles. The Balaban J connectivity index is 1.61. The van der Waals surface area contributed by atoms with Gasteiger partial charge in [0.1, 0.15) is 18.6 Å². The van der Waals surface area contributed by atoms with Crippen molar-refractivity contribution in [1.82, 2.24) is 4.90 Å². The van der Waals surface area contributed by atoms with Crippen LogP contribution in [0.4, 0.5) is 25.0 Å². The zero-order valence-corrected chi connectivity index (χ0v) is 16.2. The van der Waals surface area contributed by atoms with Gasteiger partial charge in [-0.2, -0.15) is 8.42 Å². The molecule has 0 bridgehead atoms. The Kier molecular flexibility index (Phi) is 6.06. The van der Waals surface area contributed by atoms with E-state index in [-0.39, 0.29) is 19.0 Å². The monoisotopic (exact) mass is 419 g/mol. The van der Waals surface area contributed by atoms with E-state index in [1.165, 1.54) is 11.0 Å². The van der Waals surface area contributed by atoms with Gasteiger partial charge in [-0.15, -0.1) is 0 Å². The molecule has 1 amide bonds. The van der Waals surface area contributed by atoms with Gasteiger partial charge in [-0.05, 0) is 25.2 Å². The van der Waals surface area contributed by atoms with E-state index in [0.717, 1.165) is 0 Å². The zero-order chi connectivity index (χ0) is 20.5. The molecule has 1 atom stereocenters. The number of cyclic esters (lactones) is 1. The third-order valence-electron chi connectivity index (χ3n) is 5.08. The van der Waals surface area contributed by atoms with Gasteiger partial charge >= 0.3 is 6.09 Å². The molecule has 2 heterocycles. The molecule has 0 aliphatic carbocycles. The summed E-state index contributed by atoms with van der Waals surface area (Å²) in [5.74, 6) is -1.00. The molecule has 0 aromatic heterocycles. The number of benzene rings is 1. The topological polar surface area (TPSA) is 90.4 Å². The number of ether oxygens (including phenoxy) is 1. The molecule has 156 valence electrons. The van der Waals surface area contributed by atoms with Crippen molar-refractivity contribution in [2.45, 2.75) is 18.6 Å². The third-order valence-corrected chi connectivity index (χ3v) is 5.83. The molecule has 28 heavy (non-hydrogen) atoms. The van der Waals surface area contributed by atoms with Crippen molar-refractivity contribution in [2.24, 2.45) is 0 Å². The molecule has 2 aliphatic rings. The minimum atomic E-state index is -4.14. The average molecular weight is 419 g/mol. The maximum Gasteiger partial charge on any atom is 0.414 e. The second kappa shape index (κ2) is 8.18. The Hall–Kier alpha value is -1.98. The number of alkyl halides is 1. The highest BCUT2D eigenvalue weighted by Crippen LogP contribution is 2.31. The van der Waals surface area contributed by atoms with Gasteiger partial charge in [0.25, 0.3) is 10.1 Å². The molecule has 1 aromatic rings. The second-order valence-corrected chi connectivity index (χ2v) is 8.63. The Morgan fingerprint density at radius 1 is 1.32 bits per heavy atom. The van der Waals surface area contributed by atoms with Crippen LogP contribution in [0.3, 0.4) is 0 Å². The van der Waals surface area contributed by atoms with Crippen LogP contribution in [0.2, 0.25) is 0 Å². The van der Waals surface area contributed by atoms with Crippen LogP contribution in [0.1, 0.15) is 6.42 Å². The lowest BCUT2D eigenvalue weighted by Gasteiger charge is -2.45. The number of amides is 1. The Morgan fingerprint density at radius 2 is 2.04 bits per heavy atom. The molecule has 8 nitrogen and oxygen atoms in total. The van der Waals surface area contributed by atoms with Crippen molar-refractivity contribution in [3.8, 4) is 0 Å². The van der Waals surface area contributed by atoms with Crippen molar-refractivity contribution in [3.63, 3.8) is 0 Å². The number of likely N-dealkylation sites (N-methyl/N-ethyl adjacent to an activating group) is 1. The molecule has 0 saturated carbocycles. The maximum absolute atomic E-state index is 14.6. The van der Waals surface area contributed by atoms with E-state index in [1.54, 1.807) is 12.1 Å². The van der Waals surface area contributed by atoms with Crippen molar-refractivity contribution in [3.05, 3.63) is 24.0 Å². The van der Waals surface area contributed by atoms with E-state index in [2.05, 4.69) is 0 Å². The Labute approximate surface area is 162 Å². The lowest BCUT2D eigenvalue weighted by molar-refractivity contribution is 0.139. The van der Waals surface area contributed by atoms with Crippen LogP contribution in [-0.2, 0) is 14.9 Å². The summed E-state index contributed by atoms with van der Waals surface area (Å²) in [6, 6.07) is 4.59. The van der Waals surface area contributed by atoms with E-state index in [0.29, 0.717) is 31.0 Å². The van der Waals surface area contributed by atoms with Crippen LogP contribution in [0.5, 0.6) is 0 Å². The fraction of sp³-hybridized carbons (Fsp3) is 0.588. The van der Waals surface area contributed by atoms with Crippen LogP contribution in [0.25, 0.3) is 0 Å². The van der Waals surface area contributed by atoms with E-state index in [1.807, 2.05) is 16.8 Å². The SMILES string of the molecule is CN(CCF)C1CN(c2ccc(N3C[C@@H](CCS(=O)(=O)O)OC3=O)cc2F)C1. The lowest BCUT2D eigenvalue weighted by atomic mass is 10.1. The lowest BCUT2D eigenvalue weighted by Crippen LogP contribution is -2.59. The van der Waals surface area contributed by atoms with Crippen molar-refractivity contribution >= 4 is 27.6 Å². The third kappa shape index (κ3) is 4.70. The minimum Gasteiger partial charge on any atom is -0.444 e. The summed E-state index contributed by atoms with van der Waals surface area (Å²) in [6.07, 6.45) is -1.42. The number of anilines is 2. The smallest absolute Gasteiger partial charge is 0.414 e. The van der Waals surface area contributed by atoms with Gasteiger partial charge in [-0.25, -0.2) is 13.6 Å². The molecular formula is C17H23F2N3O5S. The van der Waals surface area contributed by atoms with E-state index in [4.69, 9.17) is 9.29 Å². The fourth-order valence-corrected chi connectivity index (χ4v) is 3.89. The number of halogens is 2.